The van der Waals surface area contributed by atoms with E-state index in [4.69, 9.17) is 5.11 Å². The number of urea groups is 1. The number of aromatic nitrogens is 2. The van der Waals surface area contributed by atoms with Crippen LogP contribution in [0.15, 0.2) is 6.07 Å². The molecule has 1 aromatic rings. The second kappa shape index (κ2) is 6.06. The zero-order valence-electron chi connectivity index (χ0n) is 11.5. The minimum Gasteiger partial charge on any atom is -0.396 e. The first-order chi connectivity index (χ1) is 9.08. The molecule has 6 nitrogen and oxygen atoms in total. The predicted octanol–water partition coefficient (Wildman–Crippen LogP) is 1.40. The van der Waals surface area contributed by atoms with Crippen LogP contribution < -0.4 is 10.6 Å². The maximum atomic E-state index is 11.8. The molecule has 2 rings (SSSR count). The van der Waals surface area contributed by atoms with Gasteiger partial charge in [-0.15, -0.1) is 0 Å². The molecule has 0 unspecified atom stereocenters. The van der Waals surface area contributed by atoms with Gasteiger partial charge in [0.2, 0.25) is 0 Å². The van der Waals surface area contributed by atoms with E-state index in [0.29, 0.717) is 11.7 Å². The molecule has 0 aromatic carbocycles. The van der Waals surface area contributed by atoms with Gasteiger partial charge in [0.05, 0.1) is 0 Å². The number of rotatable bonds is 3. The van der Waals surface area contributed by atoms with Crippen molar-refractivity contribution < 1.29 is 9.90 Å². The number of aliphatic hydroxyl groups is 1. The molecule has 0 bridgehead atoms. The van der Waals surface area contributed by atoms with Crippen LogP contribution in [-0.2, 0) is 7.05 Å². The number of carbonyl (C=O) groups is 1. The summed E-state index contributed by atoms with van der Waals surface area (Å²) < 4.78 is 1.72. The highest BCUT2D eigenvalue weighted by Gasteiger charge is 2.22. The smallest absolute Gasteiger partial charge is 0.320 e. The van der Waals surface area contributed by atoms with Crippen LogP contribution in [0.3, 0.4) is 0 Å². The van der Waals surface area contributed by atoms with Crippen molar-refractivity contribution in [3.63, 3.8) is 0 Å². The van der Waals surface area contributed by atoms with Gasteiger partial charge in [-0.05, 0) is 38.5 Å². The number of amides is 2. The van der Waals surface area contributed by atoms with Gasteiger partial charge in [0.15, 0.2) is 5.82 Å². The summed E-state index contributed by atoms with van der Waals surface area (Å²) in [5.74, 6) is 0.973. The first-order valence-electron chi connectivity index (χ1n) is 6.77. The van der Waals surface area contributed by atoms with Crippen molar-refractivity contribution >= 4 is 11.8 Å². The van der Waals surface area contributed by atoms with Crippen molar-refractivity contribution in [3.8, 4) is 0 Å². The molecular weight excluding hydrogens is 244 g/mol. The number of nitrogens with zero attached hydrogens (tertiary/aromatic N) is 2. The third kappa shape index (κ3) is 3.70. The van der Waals surface area contributed by atoms with Crippen LogP contribution in [0.4, 0.5) is 10.6 Å². The fraction of sp³-hybridized carbons (Fsp3) is 0.692. The van der Waals surface area contributed by atoms with Gasteiger partial charge >= 0.3 is 6.03 Å². The van der Waals surface area contributed by atoms with Gasteiger partial charge < -0.3 is 10.4 Å². The van der Waals surface area contributed by atoms with Crippen molar-refractivity contribution in [2.24, 2.45) is 13.0 Å². The topological polar surface area (TPSA) is 79.2 Å². The molecule has 1 aromatic heterocycles. The monoisotopic (exact) mass is 266 g/mol. The van der Waals surface area contributed by atoms with Crippen LogP contribution in [0, 0.1) is 12.8 Å². The Morgan fingerprint density at radius 3 is 2.68 bits per heavy atom. The van der Waals surface area contributed by atoms with E-state index < -0.39 is 0 Å². The maximum Gasteiger partial charge on any atom is 0.320 e. The predicted molar refractivity (Wildman–Crippen MR) is 72.9 cm³/mol. The van der Waals surface area contributed by atoms with Crippen LogP contribution in [0.1, 0.15) is 31.4 Å². The van der Waals surface area contributed by atoms with E-state index in [0.717, 1.165) is 31.4 Å². The molecule has 1 aliphatic carbocycles. The third-order valence-electron chi connectivity index (χ3n) is 3.80. The molecule has 0 spiro atoms. The van der Waals surface area contributed by atoms with Crippen molar-refractivity contribution in [2.75, 3.05) is 11.9 Å². The normalized spacial score (nSPS) is 23.1. The van der Waals surface area contributed by atoms with Crippen LogP contribution >= 0.6 is 0 Å². The van der Waals surface area contributed by atoms with Crippen LogP contribution in [0.2, 0.25) is 0 Å². The molecule has 1 saturated carbocycles. The van der Waals surface area contributed by atoms with Crippen molar-refractivity contribution in [1.82, 2.24) is 15.1 Å². The zero-order valence-corrected chi connectivity index (χ0v) is 11.5. The second-order valence-electron chi connectivity index (χ2n) is 5.29. The van der Waals surface area contributed by atoms with Gasteiger partial charge in [-0.3, -0.25) is 10.00 Å². The highest BCUT2D eigenvalue weighted by Crippen LogP contribution is 2.23. The molecule has 1 aliphatic rings. The summed E-state index contributed by atoms with van der Waals surface area (Å²) in [7, 11) is 1.84. The average Bonchev–Trinajstić information content (AvgIpc) is 2.69. The van der Waals surface area contributed by atoms with Crippen molar-refractivity contribution in [1.29, 1.82) is 0 Å². The fourth-order valence-electron chi connectivity index (χ4n) is 2.45. The van der Waals surface area contributed by atoms with Gasteiger partial charge in [-0.1, -0.05) is 0 Å². The maximum absolute atomic E-state index is 11.8. The molecule has 0 radical (unpaired) electrons. The first-order valence-corrected chi connectivity index (χ1v) is 6.77. The highest BCUT2D eigenvalue weighted by atomic mass is 16.3. The van der Waals surface area contributed by atoms with Crippen LogP contribution in [0.25, 0.3) is 0 Å². The minimum absolute atomic E-state index is 0.201. The van der Waals surface area contributed by atoms with E-state index in [2.05, 4.69) is 15.7 Å². The zero-order chi connectivity index (χ0) is 13.8. The Bertz CT molecular complexity index is 416. The Morgan fingerprint density at radius 1 is 1.47 bits per heavy atom. The number of aryl methyl sites for hydroxylation is 2. The average molecular weight is 266 g/mol. The number of hydrogen-bond donors (Lipinski definition) is 3. The summed E-state index contributed by atoms with van der Waals surface area (Å²) >= 11 is 0. The van der Waals surface area contributed by atoms with Crippen LogP contribution in [0.5, 0.6) is 0 Å². The lowest BCUT2D eigenvalue weighted by Crippen LogP contribution is -2.40. The van der Waals surface area contributed by atoms with E-state index in [1.54, 1.807) is 4.68 Å². The molecule has 0 atom stereocenters. The van der Waals surface area contributed by atoms with Gasteiger partial charge in [0.25, 0.3) is 0 Å². The molecule has 1 fully saturated rings. The van der Waals surface area contributed by atoms with Crippen LogP contribution in [-0.4, -0.2) is 33.6 Å². The standard InChI is InChI=1S/C13H22N4O2/c1-9-7-12(16-17(9)2)15-13(19)14-11-5-3-10(8-18)4-6-11/h7,10-11,18H,3-6,8H2,1-2H3,(H2,14,15,16,19). The van der Waals surface area contributed by atoms with Gasteiger partial charge in [-0.2, -0.15) is 5.10 Å². The molecule has 6 heteroatoms. The summed E-state index contributed by atoms with van der Waals surface area (Å²) in [6, 6.07) is 1.83. The summed E-state index contributed by atoms with van der Waals surface area (Å²) in [6.45, 7) is 2.19. The lowest BCUT2D eigenvalue weighted by atomic mass is 9.87. The summed E-state index contributed by atoms with van der Waals surface area (Å²) in [5.41, 5.74) is 0.999. The molecule has 0 saturated heterocycles. The summed E-state index contributed by atoms with van der Waals surface area (Å²) in [5, 5.41) is 19.0. The molecular formula is C13H22N4O2. The van der Waals surface area contributed by atoms with E-state index in [1.807, 2.05) is 20.0 Å². The number of hydrogen-bond acceptors (Lipinski definition) is 3. The Balaban J connectivity index is 1.78. The van der Waals surface area contributed by atoms with Crippen molar-refractivity contribution in [2.45, 2.75) is 38.6 Å². The molecule has 3 N–H and O–H groups in total. The number of nitrogens with one attached hydrogen (secondary N) is 2. The molecule has 2 amide bonds. The Kier molecular flexibility index (Phi) is 4.42. The number of anilines is 1. The number of aliphatic hydroxyl groups excluding tert-OH is 1. The molecule has 1 heterocycles. The van der Waals surface area contributed by atoms with E-state index >= 15 is 0 Å². The van der Waals surface area contributed by atoms with Crippen molar-refractivity contribution in [3.05, 3.63) is 11.8 Å². The lowest BCUT2D eigenvalue weighted by molar-refractivity contribution is 0.176. The van der Waals surface area contributed by atoms with Gasteiger partial charge in [0.1, 0.15) is 0 Å². The van der Waals surface area contributed by atoms with E-state index in [1.165, 1.54) is 0 Å². The Hall–Kier alpha value is -1.56. The fourth-order valence-corrected chi connectivity index (χ4v) is 2.45. The van der Waals surface area contributed by atoms with Gasteiger partial charge in [0, 0.05) is 31.5 Å². The minimum atomic E-state index is -0.203. The SMILES string of the molecule is Cc1cc(NC(=O)NC2CCC(CO)CC2)nn1C. The largest absolute Gasteiger partial charge is 0.396 e. The first kappa shape index (κ1) is 13.9. The summed E-state index contributed by atoms with van der Waals surface area (Å²) in [4.78, 5) is 11.8. The Morgan fingerprint density at radius 2 is 2.16 bits per heavy atom. The van der Waals surface area contributed by atoms with E-state index in [-0.39, 0.29) is 18.7 Å². The quantitative estimate of drug-likeness (QED) is 0.773. The Labute approximate surface area is 113 Å². The molecule has 19 heavy (non-hydrogen) atoms. The molecule has 0 aliphatic heterocycles. The summed E-state index contributed by atoms with van der Waals surface area (Å²) in [6.07, 6.45) is 3.81. The highest BCUT2D eigenvalue weighted by molar-refractivity contribution is 5.88. The second-order valence-corrected chi connectivity index (χ2v) is 5.29. The third-order valence-corrected chi connectivity index (χ3v) is 3.80. The number of carbonyl (C=O) groups excluding carboxylic acids is 1. The molecule has 106 valence electrons. The van der Waals surface area contributed by atoms with Gasteiger partial charge in [-0.25, -0.2) is 4.79 Å². The lowest BCUT2D eigenvalue weighted by Gasteiger charge is -2.27. The van der Waals surface area contributed by atoms with E-state index in [9.17, 15) is 4.79 Å².